The van der Waals surface area contributed by atoms with Gasteiger partial charge in [0.15, 0.2) is 0 Å². The molecule has 0 bridgehead atoms. The van der Waals surface area contributed by atoms with Crippen LogP contribution in [-0.4, -0.2) is 16.1 Å². The van der Waals surface area contributed by atoms with Crippen LogP contribution in [0.5, 0.6) is 0 Å². The highest BCUT2D eigenvalue weighted by Gasteiger charge is 2.04. The molecule has 1 N–H and O–H groups in total. The predicted octanol–water partition coefficient (Wildman–Crippen LogP) is 3.02. The zero-order valence-electron chi connectivity index (χ0n) is 9.63. The van der Waals surface area contributed by atoms with E-state index in [1.54, 1.807) is 0 Å². The molecule has 18 heavy (non-hydrogen) atoms. The summed E-state index contributed by atoms with van der Waals surface area (Å²) in [5.41, 5.74) is 1.62. The standard InChI is InChI=1S/C15H11NO2/c17-15(18)8-10-5-6-13-12-4-2-1-3-11(12)9-16-14(13)7-10/h1-7,9H,8H2,(H,17,18). The van der Waals surface area contributed by atoms with Gasteiger partial charge in [0.25, 0.3) is 0 Å². The Hall–Kier alpha value is -2.42. The van der Waals surface area contributed by atoms with E-state index in [1.807, 2.05) is 42.6 Å². The zero-order chi connectivity index (χ0) is 12.5. The van der Waals surface area contributed by atoms with Gasteiger partial charge in [0.2, 0.25) is 0 Å². The number of hydrogen-bond acceptors (Lipinski definition) is 2. The minimum Gasteiger partial charge on any atom is -0.481 e. The van der Waals surface area contributed by atoms with E-state index in [2.05, 4.69) is 11.1 Å². The molecule has 1 aromatic heterocycles. The van der Waals surface area contributed by atoms with Gasteiger partial charge in [0, 0.05) is 17.0 Å². The summed E-state index contributed by atoms with van der Waals surface area (Å²) in [5, 5.41) is 12.1. The van der Waals surface area contributed by atoms with Crippen LogP contribution in [-0.2, 0) is 11.2 Å². The van der Waals surface area contributed by atoms with E-state index >= 15 is 0 Å². The topological polar surface area (TPSA) is 50.2 Å². The van der Waals surface area contributed by atoms with Gasteiger partial charge < -0.3 is 5.11 Å². The lowest BCUT2D eigenvalue weighted by atomic mass is 10.0. The minimum absolute atomic E-state index is 0.0322. The Morgan fingerprint density at radius 3 is 2.78 bits per heavy atom. The first-order chi connectivity index (χ1) is 8.74. The molecule has 0 saturated carbocycles. The Kier molecular flexibility index (Phi) is 2.45. The summed E-state index contributed by atoms with van der Waals surface area (Å²) >= 11 is 0. The molecule has 88 valence electrons. The number of benzene rings is 2. The molecular formula is C15H11NO2. The molecular weight excluding hydrogens is 226 g/mol. The van der Waals surface area contributed by atoms with Crippen LogP contribution in [0.1, 0.15) is 5.56 Å². The molecule has 0 aliphatic heterocycles. The normalized spacial score (nSPS) is 10.9. The van der Waals surface area contributed by atoms with E-state index in [9.17, 15) is 4.79 Å². The van der Waals surface area contributed by atoms with Gasteiger partial charge in [0.1, 0.15) is 0 Å². The van der Waals surface area contributed by atoms with Crippen LogP contribution in [0, 0.1) is 0 Å². The number of carbonyl (C=O) groups is 1. The lowest BCUT2D eigenvalue weighted by Crippen LogP contribution is -1.99. The fourth-order valence-electron chi connectivity index (χ4n) is 2.19. The van der Waals surface area contributed by atoms with Gasteiger partial charge in [-0.1, -0.05) is 36.4 Å². The largest absolute Gasteiger partial charge is 0.481 e. The maximum Gasteiger partial charge on any atom is 0.307 e. The van der Waals surface area contributed by atoms with Crippen molar-refractivity contribution in [2.75, 3.05) is 0 Å². The van der Waals surface area contributed by atoms with Gasteiger partial charge in [-0.3, -0.25) is 9.78 Å². The molecule has 3 aromatic rings. The van der Waals surface area contributed by atoms with Crippen molar-refractivity contribution in [3.05, 3.63) is 54.2 Å². The maximum atomic E-state index is 10.7. The van der Waals surface area contributed by atoms with Crippen molar-refractivity contribution in [1.82, 2.24) is 4.98 Å². The first-order valence-electron chi connectivity index (χ1n) is 5.72. The molecule has 0 saturated heterocycles. The van der Waals surface area contributed by atoms with Crippen LogP contribution in [0.4, 0.5) is 0 Å². The van der Waals surface area contributed by atoms with Crippen LogP contribution < -0.4 is 0 Å². The number of hydrogen-bond donors (Lipinski definition) is 1. The number of aliphatic carboxylic acids is 1. The van der Waals surface area contributed by atoms with Gasteiger partial charge in [-0.05, 0) is 17.0 Å². The Bertz CT molecular complexity index is 750. The summed E-state index contributed by atoms with van der Waals surface area (Å²) in [6.07, 6.45) is 1.85. The summed E-state index contributed by atoms with van der Waals surface area (Å²) < 4.78 is 0. The van der Waals surface area contributed by atoms with Crippen molar-refractivity contribution < 1.29 is 9.90 Å². The fourth-order valence-corrected chi connectivity index (χ4v) is 2.19. The smallest absolute Gasteiger partial charge is 0.307 e. The predicted molar refractivity (Wildman–Crippen MR) is 70.6 cm³/mol. The van der Waals surface area contributed by atoms with Gasteiger partial charge in [0.05, 0.1) is 11.9 Å². The molecule has 3 heteroatoms. The lowest BCUT2D eigenvalue weighted by Gasteiger charge is -2.04. The maximum absolute atomic E-state index is 10.7. The van der Waals surface area contributed by atoms with Crippen LogP contribution >= 0.6 is 0 Å². The average Bonchev–Trinajstić information content (AvgIpc) is 2.37. The second kappa shape index (κ2) is 4.11. The van der Waals surface area contributed by atoms with Crippen molar-refractivity contribution in [2.24, 2.45) is 0 Å². The van der Waals surface area contributed by atoms with Crippen molar-refractivity contribution in [3.8, 4) is 0 Å². The minimum atomic E-state index is -0.824. The molecule has 0 aliphatic carbocycles. The summed E-state index contributed by atoms with van der Waals surface area (Å²) in [5.74, 6) is -0.824. The van der Waals surface area contributed by atoms with Gasteiger partial charge in [-0.25, -0.2) is 0 Å². The van der Waals surface area contributed by atoms with Crippen molar-refractivity contribution >= 4 is 27.6 Å². The van der Waals surface area contributed by atoms with Crippen molar-refractivity contribution in [3.63, 3.8) is 0 Å². The van der Waals surface area contributed by atoms with Crippen molar-refractivity contribution in [2.45, 2.75) is 6.42 Å². The third kappa shape index (κ3) is 1.80. The quantitative estimate of drug-likeness (QED) is 0.697. The SMILES string of the molecule is O=C(O)Cc1ccc2c(c1)ncc1ccccc12. The van der Waals surface area contributed by atoms with Crippen molar-refractivity contribution in [1.29, 1.82) is 0 Å². The van der Waals surface area contributed by atoms with E-state index in [0.29, 0.717) is 0 Å². The molecule has 2 aromatic carbocycles. The van der Waals surface area contributed by atoms with Gasteiger partial charge in [-0.2, -0.15) is 0 Å². The third-order valence-corrected chi connectivity index (χ3v) is 3.01. The fraction of sp³-hybridized carbons (Fsp3) is 0.0667. The number of nitrogens with zero attached hydrogens (tertiary/aromatic N) is 1. The second-order valence-corrected chi connectivity index (χ2v) is 4.27. The molecule has 1 heterocycles. The van der Waals surface area contributed by atoms with E-state index in [-0.39, 0.29) is 6.42 Å². The second-order valence-electron chi connectivity index (χ2n) is 4.27. The average molecular weight is 237 g/mol. The molecule has 0 unspecified atom stereocenters. The highest BCUT2D eigenvalue weighted by Crippen LogP contribution is 2.24. The zero-order valence-corrected chi connectivity index (χ0v) is 9.63. The number of carboxylic acids is 1. The molecule has 0 amide bonds. The van der Waals surface area contributed by atoms with E-state index in [4.69, 9.17) is 5.11 Å². The number of fused-ring (bicyclic) bond motifs is 3. The molecule has 0 atom stereocenters. The molecule has 0 spiro atoms. The molecule has 0 radical (unpaired) electrons. The van der Waals surface area contributed by atoms with E-state index in [0.717, 1.165) is 27.2 Å². The number of carboxylic acid groups (broad SMARTS) is 1. The Morgan fingerprint density at radius 2 is 1.94 bits per heavy atom. The molecule has 0 aliphatic rings. The monoisotopic (exact) mass is 237 g/mol. The third-order valence-electron chi connectivity index (χ3n) is 3.01. The first kappa shape index (κ1) is 10.7. The summed E-state index contributed by atoms with van der Waals surface area (Å²) in [6, 6.07) is 13.7. The molecule has 3 rings (SSSR count). The number of rotatable bonds is 2. The number of pyridine rings is 1. The van der Waals surface area contributed by atoms with E-state index in [1.165, 1.54) is 0 Å². The number of aromatic nitrogens is 1. The van der Waals surface area contributed by atoms with Crippen LogP contribution in [0.3, 0.4) is 0 Å². The van der Waals surface area contributed by atoms with Gasteiger partial charge in [-0.15, -0.1) is 0 Å². The first-order valence-corrected chi connectivity index (χ1v) is 5.72. The summed E-state index contributed by atoms with van der Waals surface area (Å²) in [6.45, 7) is 0. The highest BCUT2D eigenvalue weighted by atomic mass is 16.4. The van der Waals surface area contributed by atoms with Crippen LogP contribution in [0.25, 0.3) is 21.7 Å². The van der Waals surface area contributed by atoms with E-state index < -0.39 is 5.97 Å². The molecule has 3 nitrogen and oxygen atoms in total. The van der Waals surface area contributed by atoms with Gasteiger partial charge >= 0.3 is 5.97 Å². The van der Waals surface area contributed by atoms with Crippen LogP contribution in [0.2, 0.25) is 0 Å². The molecule has 0 fully saturated rings. The summed E-state index contributed by atoms with van der Waals surface area (Å²) in [4.78, 5) is 15.1. The summed E-state index contributed by atoms with van der Waals surface area (Å²) in [7, 11) is 0. The van der Waals surface area contributed by atoms with Crippen LogP contribution in [0.15, 0.2) is 48.7 Å². The Labute approximate surface area is 104 Å². The highest BCUT2D eigenvalue weighted by molar-refractivity contribution is 6.05. The lowest BCUT2D eigenvalue weighted by molar-refractivity contribution is -0.136. The Morgan fingerprint density at radius 1 is 1.11 bits per heavy atom. The Balaban J connectivity index is 2.24.